The highest BCUT2D eigenvalue weighted by Crippen LogP contribution is 2.03. The van der Waals surface area contributed by atoms with Crippen LogP contribution in [0.1, 0.15) is 6.42 Å². The molecule has 0 aromatic carbocycles. The van der Waals surface area contributed by atoms with Gasteiger partial charge in [-0.05, 0) is 13.0 Å². The Morgan fingerprint density at radius 3 is 3.00 bits per heavy atom. The Morgan fingerprint density at radius 1 is 1.43 bits per heavy atom. The van der Waals surface area contributed by atoms with Crippen LogP contribution in [0.2, 0.25) is 0 Å². The molecule has 2 heterocycles. The Bertz CT molecular complexity index is 198. The predicted octanol–water partition coefficient (Wildman–Crippen LogP) is -1.12. The van der Waals surface area contributed by atoms with Crippen LogP contribution in [-0.4, -0.2) is 51.0 Å². The summed E-state index contributed by atoms with van der Waals surface area (Å²) in [5.41, 5.74) is 0. The first-order valence-electron chi connectivity index (χ1n) is 5.07. The normalized spacial score (nSPS) is 32.9. The van der Waals surface area contributed by atoms with Gasteiger partial charge in [0.2, 0.25) is 0 Å². The van der Waals surface area contributed by atoms with Crippen LogP contribution in [-0.2, 0) is 14.3 Å². The van der Waals surface area contributed by atoms with Crippen LogP contribution in [0.25, 0.3) is 0 Å². The third-order valence-corrected chi connectivity index (χ3v) is 2.52. The molecular weight excluding hydrogens is 184 g/mol. The number of hydrogen-bond donors (Lipinski definition) is 2. The van der Waals surface area contributed by atoms with E-state index in [0.717, 1.165) is 19.5 Å². The first-order valence-corrected chi connectivity index (χ1v) is 5.07. The molecule has 2 atom stereocenters. The second-order valence-electron chi connectivity index (χ2n) is 3.63. The molecule has 2 unspecified atom stereocenters. The van der Waals surface area contributed by atoms with Crippen molar-refractivity contribution in [2.24, 2.45) is 0 Å². The van der Waals surface area contributed by atoms with E-state index in [1.54, 1.807) is 0 Å². The van der Waals surface area contributed by atoms with Crippen LogP contribution in [0.3, 0.4) is 0 Å². The lowest BCUT2D eigenvalue weighted by molar-refractivity contribution is -0.148. The van der Waals surface area contributed by atoms with Gasteiger partial charge in [0.1, 0.15) is 0 Å². The van der Waals surface area contributed by atoms with Crippen LogP contribution >= 0.6 is 0 Å². The Hall–Kier alpha value is -0.650. The van der Waals surface area contributed by atoms with E-state index in [2.05, 4.69) is 10.6 Å². The maximum absolute atomic E-state index is 11.6. The quantitative estimate of drug-likeness (QED) is 0.593. The molecule has 0 saturated carbocycles. The van der Waals surface area contributed by atoms with E-state index >= 15 is 0 Å². The van der Waals surface area contributed by atoms with Crippen LogP contribution < -0.4 is 10.6 Å². The number of ether oxygens (including phenoxy) is 2. The van der Waals surface area contributed by atoms with Gasteiger partial charge in [-0.1, -0.05) is 0 Å². The lowest BCUT2D eigenvalue weighted by Crippen LogP contribution is -2.47. The van der Waals surface area contributed by atoms with Crippen molar-refractivity contribution in [3.8, 4) is 0 Å². The number of rotatable bonds is 2. The number of amides is 1. The molecule has 0 aromatic heterocycles. The monoisotopic (exact) mass is 200 g/mol. The standard InChI is InChI=1S/C9H16N2O3/c12-9(8-6-13-3-4-14-8)11-7-1-2-10-5-7/h7-8,10H,1-6H2,(H,11,12). The number of carbonyl (C=O) groups is 1. The lowest BCUT2D eigenvalue weighted by atomic mass is 10.2. The van der Waals surface area contributed by atoms with E-state index in [0.29, 0.717) is 19.8 Å². The zero-order valence-electron chi connectivity index (χ0n) is 8.12. The van der Waals surface area contributed by atoms with Gasteiger partial charge in [-0.2, -0.15) is 0 Å². The molecular formula is C9H16N2O3. The van der Waals surface area contributed by atoms with Gasteiger partial charge < -0.3 is 20.1 Å². The van der Waals surface area contributed by atoms with Crippen molar-refractivity contribution in [3.05, 3.63) is 0 Å². The summed E-state index contributed by atoms with van der Waals surface area (Å²) in [5.74, 6) is -0.0431. The molecule has 0 aliphatic carbocycles. The van der Waals surface area contributed by atoms with Gasteiger partial charge in [0, 0.05) is 12.6 Å². The van der Waals surface area contributed by atoms with Gasteiger partial charge in [0.15, 0.2) is 6.10 Å². The van der Waals surface area contributed by atoms with Gasteiger partial charge in [-0.15, -0.1) is 0 Å². The van der Waals surface area contributed by atoms with E-state index in [1.807, 2.05) is 0 Å². The average molecular weight is 200 g/mol. The molecule has 14 heavy (non-hydrogen) atoms. The third kappa shape index (κ3) is 2.43. The molecule has 2 rings (SSSR count). The summed E-state index contributed by atoms with van der Waals surface area (Å²) >= 11 is 0. The molecule has 1 amide bonds. The van der Waals surface area contributed by atoms with E-state index in [-0.39, 0.29) is 11.9 Å². The highest BCUT2D eigenvalue weighted by molar-refractivity contribution is 5.81. The Kier molecular flexibility index (Phi) is 3.34. The number of carbonyl (C=O) groups excluding carboxylic acids is 1. The van der Waals surface area contributed by atoms with Crippen molar-refractivity contribution in [2.45, 2.75) is 18.6 Å². The fraction of sp³-hybridized carbons (Fsp3) is 0.889. The zero-order chi connectivity index (χ0) is 9.80. The largest absolute Gasteiger partial charge is 0.376 e. The number of nitrogens with one attached hydrogen (secondary N) is 2. The molecule has 0 aromatic rings. The van der Waals surface area contributed by atoms with Gasteiger partial charge in [0.25, 0.3) is 5.91 Å². The molecule has 2 aliphatic heterocycles. The smallest absolute Gasteiger partial charge is 0.251 e. The van der Waals surface area contributed by atoms with E-state index < -0.39 is 6.10 Å². The van der Waals surface area contributed by atoms with Crippen LogP contribution in [0, 0.1) is 0 Å². The second kappa shape index (κ2) is 4.72. The van der Waals surface area contributed by atoms with Crippen molar-refractivity contribution < 1.29 is 14.3 Å². The number of hydrogen-bond acceptors (Lipinski definition) is 4. The molecule has 2 saturated heterocycles. The summed E-state index contributed by atoms with van der Waals surface area (Å²) in [5, 5.41) is 6.14. The van der Waals surface area contributed by atoms with Crippen molar-refractivity contribution in [2.75, 3.05) is 32.9 Å². The molecule has 2 N–H and O–H groups in total. The molecule has 0 bridgehead atoms. The first-order chi connectivity index (χ1) is 6.86. The Morgan fingerprint density at radius 2 is 2.36 bits per heavy atom. The lowest BCUT2D eigenvalue weighted by Gasteiger charge is -2.23. The summed E-state index contributed by atoms with van der Waals surface area (Å²) in [6.45, 7) is 3.33. The maximum atomic E-state index is 11.6. The summed E-state index contributed by atoms with van der Waals surface area (Å²) < 4.78 is 10.5. The molecule has 80 valence electrons. The van der Waals surface area contributed by atoms with Gasteiger partial charge in [-0.3, -0.25) is 4.79 Å². The highest BCUT2D eigenvalue weighted by Gasteiger charge is 2.25. The molecule has 2 fully saturated rings. The third-order valence-electron chi connectivity index (χ3n) is 2.52. The average Bonchev–Trinajstić information content (AvgIpc) is 2.72. The molecule has 0 radical (unpaired) electrons. The summed E-state index contributed by atoms with van der Waals surface area (Å²) in [6.07, 6.45) is 0.587. The minimum Gasteiger partial charge on any atom is -0.376 e. The summed E-state index contributed by atoms with van der Waals surface area (Å²) in [4.78, 5) is 11.6. The van der Waals surface area contributed by atoms with E-state index in [4.69, 9.17) is 9.47 Å². The molecule has 5 heteroatoms. The zero-order valence-corrected chi connectivity index (χ0v) is 8.12. The van der Waals surface area contributed by atoms with Crippen molar-refractivity contribution in [3.63, 3.8) is 0 Å². The van der Waals surface area contributed by atoms with Crippen molar-refractivity contribution in [1.82, 2.24) is 10.6 Å². The maximum Gasteiger partial charge on any atom is 0.251 e. The topological polar surface area (TPSA) is 59.6 Å². The SMILES string of the molecule is O=C(NC1CCNC1)C1COCCO1. The van der Waals surface area contributed by atoms with Gasteiger partial charge in [-0.25, -0.2) is 0 Å². The molecule has 0 spiro atoms. The van der Waals surface area contributed by atoms with Gasteiger partial charge >= 0.3 is 0 Å². The fourth-order valence-electron chi connectivity index (χ4n) is 1.71. The van der Waals surface area contributed by atoms with Crippen LogP contribution in [0.4, 0.5) is 0 Å². The highest BCUT2D eigenvalue weighted by atomic mass is 16.6. The minimum absolute atomic E-state index is 0.0431. The Balaban J connectivity index is 1.75. The first kappa shape index (κ1) is 9.89. The van der Waals surface area contributed by atoms with Crippen molar-refractivity contribution in [1.29, 1.82) is 0 Å². The minimum atomic E-state index is -0.413. The Labute approximate surface area is 83.1 Å². The molecule has 2 aliphatic rings. The van der Waals surface area contributed by atoms with Crippen molar-refractivity contribution >= 4 is 5.91 Å². The van der Waals surface area contributed by atoms with E-state index in [1.165, 1.54) is 0 Å². The summed E-state index contributed by atoms with van der Waals surface area (Å²) in [6, 6.07) is 0.257. The van der Waals surface area contributed by atoms with Crippen LogP contribution in [0.5, 0.6) is 0 Å². The van der Waals surface area contributed by atoms with Gasteiger partial charge in [0.05, 0.1) is 19.8 Å². The summed E-state index contributed by atoms with van der Waals surface area (Å²) in [7, 11) is 0. The fourth-order valence-corrected chi connectivity index (χ4v) is 1.71. The predicted molar refractivity (Wildman–Crippen MR) is 50.0 cm³/mol. The van der Waals surface area contributed by atoms with Crippen LogP contribution in [0.15, 0.2) is 0 Å². The second-order valence-corrected chi connectivity index (χ2v) is 3.63. The van der Waals surface area contributed by atoms with E-state index in [9.17, 15) is 4.79 Å². The molecule has 5 nitrogen and oxygen atoms in total.